The van der Waals surface area contributed by atoms with E-state index < -0.39 is 0 Å². The highest BCUT2D eigenvalue weighted by molar-refractivity contribution is 5.82. The highest BCUT2D eigenvalue weighted by Crippen LogP contribution is 2.21. The first kappa shape index (κ1) is 10.1. The predicted molar refractivity (Wildman–Crippen MR) is 58.1 cm³/mol. The monoisotopic (exact) mass is 207 g/mol. The molecule has 2 aromatic rings. The number of hydrogen-bond acceptors (Lipinski definition) is 2. The van der Waals surface area contributed by atoms with Crippen molar-refractivity contribution < 1.29 is 4.39 Å². The molecular formula is C11H14FN3. The van der Waals surface area contributed by atoms with Crippen LogP contribution in [-0.2, 0) is 13.0 Å². The van der Waals surface area contributed by atoms with Gasteiger partial charge in [0.05, 0.1) is 0 Å². The van der Waals surface area contributed by atoms with Crippen LogP contribution in [0.15, 0.2) is 18.2 Å². The van der Waals surface area contributed by atoms with Gasteiger partial charge in [-0.25, -0.2) is 4.39 Å². The summed E-state index contributed by atoms with van der Waals surface area (Å²) in [5, 5.41) is 5.11. The highest BCUT2D eigenvalue weighted by atomic mass is 19.1. The molecule has 0 unspecified atom stereocenters. The number of aromatic nitrogens is 2. The Balaban J connectivity index is 2.68. The third-order valence-electron chi connectivity index (χ3n) is 2.51. The molecule has 2 rings (SSSR count). The van der Waals surface area contributed by atoms with Gasteiger partial charge in [0, 0.05) is 24.0 Å². The van der Waals surface area contributed by atoms with Crippen molar-refractivity contribution in [2.24, 2.45) is 5.73 Å². The van der Waals surface area contributed by atoms with Gasteiger partial charge in [0.1, 0.15) is 5.52 Å². The van der Waals surface area contributed by atoms with E-state index in [-0.39, 0.29) is 5.82 Å². The number of nitrogens with zero attached hydrogens (tertiary/aromatic N) is 2. The molecule has 3 nitrogen and oxygen atoms in total. The molecule has 0 saturated heterocycles. The standard InChI is InChI=1S/C11H14FN3/c1-2-15-10(6-7-13)8-4-3-5-9(12)11(8)14-15/h3-5H,2,6-7,13H2,1H3. The SMILES string of the molecule is CCn1nc2c(F)cccc2c1CCN. The van der Waals surface area contributed by atoms with E-state index in [4.69, 9.17) is 5.73 Å². The van der Waals surface area contributed by atoms with E-state index in [1.807, 2.05) is 17.7 Å². The van der Waals surface area contributed by atoms with Crippen LogP contribution < -0.4 is 5.73 Å². The van der Waals surface area contributed by atoms with Crippen LogP contribution in [0.3, 0.4) is 0 Å². The summed E-state index contributed by atoms with van der Waals surface area (Å²) in [5.74, 6) is -0.266. The van der Waals surface area contributed by atoms with Crippen LogP contribution in [0.4, 0.5) is 4.39 Å². The van der Waals surface area contributed by atoms with Crippen molar-refractivity contribution >= 4 is 10.9 Å². The minimum Gasteiger partial charge on any atom is -0.330 e. The Morgan fingerprint density at radius 2 is 2.27 bits per heavy atom. The first-order valence-corrected chi connectivity index (χ1v) is 5.12. The summed E-state index contributed by atoms with van der Waals surface area (Å²) in [6.45, 7) is 3.28. The van der Waals surface area contributed by atoms with Gasteiger partial charge >= 0.3 is 0 Å². The molecule has 0 saturated carbocycles. The van der Waals surface area contributed by atoms with Crippen LogP contribution in [0.25, 0.3) is 10.9 Å². The van der Waals surface area contributed by atoms with Crippen LogP contribution in [0.1, 0.15) is 12.6 Å². The number of benzene rings is 1. The molecule has 80 valence electrons. The molecule has 4 heteroatoms. The van der Waals surface area contributed by atoms with Gasteiger partial charge in [-0.3, -0.25) is 4.68 Å². The summed E-state index contributed by atoms with van der Waals surface area (Å²) < 4.78 is 15.3. The fraction of sp³-hybridized carbons (Fsp3) is 0.364. The predicted octanol–water partition coefficient (Wildman–Crippen LogP) is 1.70. The van der Waals surface area contributed by atoms with Crippen LogP contribution in [0, 0.1) is 5.82 Å². The second-order valence-electron chi connectivity index (χ2n) is 3.44. The number of halogens is 1. The third kappa shape index (κ3) is 1.61. The maximum absolute atomic E-state index is 13.4. The zero-order valence-electron chi connectivity index (χ0n) is 8.70. The van der Waals surface area contributed by atoms with E-state index in [0.717, 1.165) is 24.0 Å². The van der Waals surface area contributed by atoms with E-state index in [9.17, 15) is 4.39 Å². The number of rotatable bonds is 3. The zero-order chi connectivity index (χ0) is 10.8. The van der Waals surface area contributed by atoms with Crippen molar-refractivity contribution in [3.63, 3.8) is 0 Å². The average molecular weight is 207 g/mol. The molecule has 2 N–H and O–H groups in total. The van der Waals surface area contributed by atoms with E-state index in [1.165, 1.54) is 6.07 Å². The molecule has 0 aliphatic rings. The van der Waals surface area contributed by atoms with Crippen molar-refractivity contribution in [2.45, 2.75) is 19.9 Å². The molecule has 0 aliphatic carbocycles. The van der Waals surface area contributed by atoms with Crippen LogP contribution in [-0.4, -0.2) is 16.3 Å². The van der Waals surface area contributed by atoms with Gasteiger partial charge < -0.3 is 5.73 Å². The Morgan fingerprint density at radius 1 is 1.47 bits per heavy atom. The highest BCUT2D eigenvalue weighted by Gasteiger charge is 2.11. The van der Waals surface area contributed by atoms with E-state index in [1.54, 1.807) is 6.07 Å². The van der Waals surface area contributed by atoms with Gasteiger partial charge in [-0.2, -0.15) is 5.10 Å². The van der Waals surface area contributed by atoms with Crippen molar-refractivity contribution in [1.82, 2.24) is 9.78 Å². The number of nitrogens with two attached hydrogens (primary N) is 1. The smallest absolute Gasteiger partial charge is 0.151 e. The molecule has 15 heavy (non-hydrogen) atoms. The van der Waals surface area contributed by atoms with Crippen LogP contribution in [0.2, 0.25) is 0 Å². The maximum Gasteiger partial charge on any atom is 0.151 e. The fourth-order valence-corrected chi connectivity index (χ4v) is 1.83. The lowest BCUT2D eigenvalue weighted by Gasteiger charge is -2.02. The summed E-state index contributed by atoms with van der Waals surface area (Å²) in [5.41, 5.74) is 7.01. The Hall–Kier alpha value is -1.42. The van der Waals surface area contributed by atoms with Gasteiger partial charge in [-0.15, -0.1) is 0 Å². The third-order valence-corrected chi connectivity index (χ3v) is 2.51. The van der Waals surface area contributed by atoms with E-state index >= 15 is 0 Å². The van der Waals surface area contributed by atoms with Crippen LogP contribution in [0.5, 0.6) is 0 Å². The molecule has 0 amide bonds. The van der Waals surface area contributed by atoms with Gasteiger partial charge in [-0.1, -0.05) is 12.1 Å². The van der Waals surface area contributed by atoms with E-state index in [2.05, 4.69) is 5.10 Å². The van der Waals surface area contributed by atoms with Gasteiger partial charge in [-0.05, 0) is 19.5 Å². The Kier molecular flexibility index (Phi) is 2.68. The summed E-state index contributed by atoms with van der Waals surface area (Å²) in [6, 6.07) is 5.03. The van der Waals surface area contributed by atoms with Crippen molar-refractivity contribution in [3.05, 3.63) is 29.7 Å². The molecular weight excluding hydrogens is 193 g/mol. The van der Waals surface area contributed by atoms with Crippen molar-refractivity contribution in [3.8, 4) is 0 Å². The topological polar surface area (TPSA) is 43.8 Å². The molecule has 0 bridgehead atoms. The Morgan fingerprint density at radius 3 is 2.93 bits per heavy atom. The first-order chi connectivity index (χ1) is 7.27. The molecule has 0 aliphatic heterocycles. The first-order valence-electron chi connectivity index (χ1n) is 5.12. The lowest BCUT2D eigenvalue weighted by atomic mass is 10.1. The molecule has 0 radical (unpaired) electrons. The summed E-state index contributed by atoms with van der Waals surface area (Å²) >= 11 is 0. The molecule has 1 aromatic heterocycles. The molecule has 0 atom stereocenters. The summed E-state index contributed by atoms with van der Waals surface area (Å²) in [4.78, 5) is 0. The van der Waals surface area contributed by atoms with Crippen molar-refractivity contribution in [2.75, 3.05) is 6.54 Å². The summed E-state index contributed by atoms with van der Waals surface area (Å²) in [7, 11) is 0. The molecule has 1 heterocycles. The fourth-order valence-electron chi connectivity index (χ4n) is 1.83. The van der Waals surface area contributed by atoms with Gasteiger partial charge in [0.25, 0.3) is 0 Å². The average Bonchev–Trinajstić information content (AvgIpc) is 2.59. The molecule has 0 fully saturated rings. The Labute approximate surface area is 87.7 Å². The summed E-state index contributed by atoms with van der Waals surface area (Å²) in [6.07, 6.45) is 0.730. The number of aryl methyl sites for hydroxylation is 1. The quantitative estimate of drug-likeness (QED) is 0.832. The molecule has 0 spiro atoms. The largest absolute Gasteiger partial charge is 0.330 e. The Bertz CT molecular complexity index is 476. The lowest BCUT2D eigenvalue weighted by Crippen LogP contribution is -2.09. The molecule has 1 aromatic carbocycles. The minimum absolute atomic E-state index is 0.266. The zero-order valence-corrected chi connectivity index (χ0v) is 8.70. The van der Waals surface area contributed by atoms with Gasteiger partial charge in [0.15, 0.2) is 5.82 Å². The second-order valence-corrected chi connectivity index (χ2v) is 3.44. The second kappa shape index (κ2) is 3.98. The minimum atomic E-state index is -0.266. The van der Waals surface area contributed by atoms with E-state index in [0.29, 0.717) is 12.1 Å². The van der Waals surface area contributed by atoms with Crippen LogP contribution >= 0.6 is 0 Å². The maximum atomic E-state index is 13.4. The lowest BCUT2D eigenvalue weighted by molar-refractivity contribution is 0.609. The van der Waals surface area contributed by atoms with Crippen molar-refractivity contribution in [1.29, 1.82) is 0 Å². The number of hydrogen-bond donors (Lipinski definition) is 1. The number of fused-ring (bicyclic) bond motifs is 1. The van der Waals surface area contributed by atoms with Gasteiger partial charge in [0.2, 0.25) is 0 Å². The normalized spacial score (nSPS) is 11.1.